The summed E-state index contributed by atoms with van der Waals surface area (Å²) in [6.45, 7) is 12.5. The number of anilines is 2. The largest absolute Gasteiger partial charge is 0.322 e. The Labute approximate surface area is 213 Å². The van der Waals surface area contributed by atoms with Gasteiger partial charge in [-0.05, 0) is 53.1 Å². The third-order valence-corrected chi connectivity index (χ3v) is 6.23. The molecule has 0 saturated carbocycles. The Morgan fingerprint density at radius 3 is 2.08 bits per heavy atom. The summed E-state index contributed by atoms with van der Waals surface area (Å²) >= 11 is 0. The Balaban J connectivity index is 1.77. The van der Waals surface area contributed by atoms with E-state index in [2.05, 4.69) is 33.0 Å². The van der Waals surface area contributed by atoms with Gasteiger partial charge in [-0.1, -0.05) is 59.7 Å². The monoisotopic (exact) mass is 496 g/mol. The van der Waals surface area contributed by atoms with Gasteiger partial charge in [0, 0.05) is 17.9 Å². The maximum absolute atomic E-state index is 13.5. The second-order valence-electron chi connectivity index (χ2n) is 10.4. The molecule has 0 aliphatic carbocycles. The van der Waals surface area contributed by atoms with Gasteiger partial charge in [-0.25, -0.2) is 9.18 Å². The first-order valence-corrected chi connectivity index (χ1v) is 12.5. The van der Waals surface area contributed by atoms with Gasteiger partial charge in [-0.2, -0.15) is 0 Å². The minimum atomic E-state index is -0.395. The van der Waals surface area contributed by atoms with E-state index in [9.17, 15) is 18.8 Å². The van der Waals surface area contributed by atoms with Crippen molar-refractivity contribution in [1.29, 1.82) is 0 Å². The third-order valence-electron chi connectivity index (χ3n) is 6.23. The first-order valence-electron chi connectivity index (χ1n) is 12.5. The number of hydrogen-bond acceptors (Lipinski definition) is 3. The predicted molar refractivity (Wildman–Crippen MR) is 141 cm³/mol. The van der Waals surface area contributed by atoms with Crippen molar-refractivity contribution in [3.8, 4) is 0 Å². The Kier molecular flexibility index (Phi) is 8.71. The van der Waals surface area contributed by atoms with Gasteiger partial charge in [-0.3, -0.25) is 14.5 Å². The molecule has 194 valence electrons. The van der Waals surface area contributed by atoms with E-state index in [1.807, 2.05) is 32.0 Å². The van der Waals surface area contributed by atoms with Crippen LogP contribution < -0.4 is 10.2 Å². The van der Waals surface area contributed by atoms with Crippen LogP contribution in [0.15, 0.2) is 42.5 Å². The molecular formula is C28H37FN4O3. The average Bonchev–Trinajstić information content (AvgIpc) is 3.20. The van der Waals surface area contributed by atoms with E-state index < -0.39 is 5.82 Å². The standard InChI is InChI=1S/C28H37FN4O3/c1-18(2)14-31(28(36)30-27-23(19(3)4)8-7-9-24(27)20(5)6)15-25(34)32-16-26(35)33(17-32)22-12-10-21(29)11-13-22/h7-13,18-20H,14-17H2,1-6H3,(H,30,36). The van der Waals surface area contributed by atoms with Crippen LogP contribution in [0.3, 0.4) is 0 Å². The number of hydrogen-bond donors (Lipinski definition) is 1. The van der Waals surface area contributed by atoms with Gasteiger partial charge in [0.1, 0.15) is 25.6 Å². The lowest BCUT2D eigenvalue weighted by atomic mass is 9.93. The number of nitrogens with one attached hydrogen (secondary N) is 1. The van der Waals surface area contributed by atoms with Gasteiger partial charge in [0.15, 0.2) is 0 Å². The number of nitrogens with zero attached hydrogens (tertiary/aromatic N) is 3. The molecule has 0 aromatic heterocycles. The number of carbonyl (C=O) groups is 3. The van der Waals surface area contributed by atoms with Crippen molar-refractivity contribution >= 4 is 29.2 Å². The highest BCUT2D eigenvalue weighted by atomic mass is 19.1. The molecule has 1 fully saturated rings. The highest BCUT2D eigenvalue weighted by molar-refractivity contribution is 6.01. The molecule has 1 aliphatic heterocycles. The van der Waals surface area contributed by atoms with E-state index >= 15 is 0 Å². The Hall–Kier alpha value is -3.42. The number of carbonyl (C=O) groups excluding carboxylic acids is 3. The van der Waals surface area contributed by atoms with Crippen LogP contribution in [-0.2, 0) is 9.59 Å². The second kappa shape index (κ2) is 11.5. The summed E-state index contributed by atoms with van der Waals surface area (Å²) < 4.78 is 13.3. The highest BCUT2D eigenvalue weighted by Gasteiger charge is 2.33. The summed E-state index contributed by atoms with van der Waals surface area (Å²) in [5.41, 5.74) is 3.42. The molecule has 0 spiro atoms. The number of para-hydroxylation sites is 1. The molecule has 1 aliphatic rings. The maximum Gasteiger partial charge on any atom is 0.322 e. The Morgan fingerprint density at radius 2 is 1.56 bits per heavy atom. The van der Waals surface area contributed by atoms with Crippen LogP contribution in [0, 0.1) is 11.7 Å². The van der Waals surface area contributed by atoms with E-state index in [0.717, 1.165) is 16.8 Å². The molecule has 1 N–H and O–H groups in total. The van der Waals surface area contributed by atoms with Crippen molar-refractivity contribution in [1.82, 2.24) is 9.80 Å². The summed E-state index contributed by atoms with van der Waals surface area (Å²) in [6, 6.07) is 11.3. The zero-order valence-electron chi connectivity index (χ0n) is 22.0. The van der Waals surface area contributed by atoms with Gasteiger partial charge in [0.2, 0.25) is 11.8 Å². The van der Waals surface area contributed by atoms with Crippen LogP contribution in [0.4, 0.5) is 20.6 Å². The lowest BCUT2D eigenvalue weighted by Crippen LogP contribution is -2.45. The van der Waals surface area contributed by atoms with Gasteiger partial charge in [-0.15, -0.1) is 0 Å². The molecule has 2 aromatic carbocycles. The first kappa shape index (κ1) is 27.2. The zero-order chi connectivity index (χ0) is 26.6. The normalized spacial score (nSPS) is 13.8. The summed E-state index contributed by atoms with van der Waals surface area (Å²) in [7, 11) is 0. The van der Waals surface area contributed by atoms with Crippen LogP contribution in [0.1, 0.15) is 64.5 Å². The second-order valence-corrected chi connectivity index (χ2v) is 10.4. The van der Waals surface area contributed by atoms with Crippen LogP contribution in [-0.4, -0.2) is 53.9 Å². The fourth-order valence-corrected chi connectivity index (χ4v) is 4.37. The van der Waals surface area contributed by atoms with Crippen LogP contribution >= 0.6 is 0 Å². The molecule has 1 saturated heterocycles. The van der Waals surface area contributed by atoms with Gasteiger partial charge < -0.3 is 15.1 Å². The van der Waals surface area contributed by atoms with E-state index in [0.29, 0.717) is 12.2 Å². The van der Waals surface area contributed by atoms with Gasteiger partial charge in [0.25, 0.3) is 0 Å². The summed E-state index contributed by atoms with van der Waals surface area (Å²) in [5.74, 6) is -0.385. The van der Waals surface area contributed by atoms with Crippen LogP contribution in [0.25, 0.3) is 0 Å². The molecule has 4 amide bonds. The summed E-state index contributed by atoms with van der Waals surface area (Å²) in [6.07, 6.45) is 0. The number of urea groups is 1. The molecule has 8 heteroatoms. The van der Waals surface area contributed by atoms with E-state index in [-0.39, 0.29) is 55.4 Å². The van der Waals surface area contributed by atoms with Crippen molar-refractivity contribution in [2.75, 3.05) is 36.5 Å². The molecule has 2 aromatic rings. The minimum Gasteiger partial charge on any atom is -0.315 e. The predicted octanol–water partition coefficient (Wildman–Crippen LogP) is 5.40. The summed E-state index contributed by atoms with van der Waals surface area (Å²) in [5, 5.41) is 3.10. The van der Waals surface area contributed by atoms with Crippen molar-refractivity contribution in [2.45, 2.75) is 53.4 Å². The third kappa shape index (κ3) is 6.42. The van der Waals surface area contributed by atoms with Crippen molar-refractivity contribution in [3.63, 3.8) is 0 Å². The molecular weight excluding hydrogens is 459 g/mol. The van der Waals surface area contributed by atoms with E-state index in [1.165, 1.54) is 39.0 Å². The zero-order valence-corrected chi connectivity index (χ0v) is 22.0. The van der Waals surface area contributed by atoms with Crippen molar-refractivity contribution < 1.29 is 18.8 Å². The topological polar surface area (TPSA) is 73.0 Å². The van der Waals surface area contributed by atoms with Crippen LogP contribution in [0.2, 0.25) is 0 Å². The number of rotatable bonds is 8. The van der Waals surface area contributed by atoms with Crippen molar-refractivity contribution in [3.05, 3.63) is 59.4 Å². The average molecular weight is 497 g/mol. The molecule has 0 unspecified atom stereocenters. The Bertz CT molecular complexity index is 1070. The summed E-state index contributed by atoms with van der Waals surface area (Å²) in [4.78, 5) is 43.6. The molecule has 0 bridgehead atoms. The fourth-order valence-electron chi connectivity index (χ4n) is 4.37. The van der Waals surface area contributed by atoms with Crippen LogP contribution in [0.5, 0.6) is 0 Å². The molecule has 1 heterocycles. The quantitative estimate of drug-likeness (QED) is 0.532. The first-order chi connectivity index (χ1) is 17.0. The maximum atomic E-state index is 13.5. The molecule has 36 heavy (non-hydrogen) atoms. The highest BCUT2D eigenvalue weighted by Crippen LogP contribution is 2.32. The molecule has 7 nitrogen and oxygen atoms in total. The van der Waals surface area contributed by atoms with Gasteiger partial charge in [0.05, 0.1) is 0 Å². The molecule has 0 atom stereocenters. The van der Waals surface area contributed by atoms with E-state index in [1.54, 1.807) is 0 Å². The number of amides is 4. The van der Waals surface area contributed by atoms with Crippen molar-refractivity contribution in [2.24, 2.45) is 5.92 Å². The number of benzene rings is 2. The molecule has 3 rings (SSSR count). The lowest BCUT2D eigenvalue weighted by molar-refractivity contribution is -0.132. The SMILES string of the molecule is CC(C)CN(CC(=O)N1CC(=O)N(c2ccc(F)cc2)C1)C(=O)Nc1c(C(C)C)cccc1C(C)C. The van der Waals surface area contributed by atoms with E-state index in [4.69, 9.17) is 0 Å². The Morgan fingerprint density at radius 1 is 0.972 bits per heavy atom. The van der Waals surface area contributed by atoms with Gasteiger partial charge >= 0.3 is 6.03 Å². The number of halogens is 1. The molecule has 0 radical (unpaired) electrons. The fraction of sp³-hybridized carbons (Fsp3) is 0.464. The smallest absolute Gasteiger partial charge is 0.315 e. The minimum absolute atomic E-state index is 0.0636. The lowest BCUT2D eigenvalue weighted by Gasteiger charge is -2.28.